The van der Waals surface area contributed by atoms with Gasteiger partial charge in [0.1, 0.15) is 29.3 Å². The molecule has 1 saturated heterocycles. The number of nitrogen functional groups attached to an aromatic ring is 1. The van der Waals surface area contributed by atoms with Crippen molar-refractivity contribution in [2.75, 3.05) is 18.8 Å². The Balaban J connectivity index is 0.000000873. The molecule has 1 aliphatic heterocycles. The van der Waals surface area contributed by atoms with Gasteiger partial charge in [-0.05, 0) is 68.6 Å². The SMILES string of the molecule is C/C=C\CC.C=C(C/C=N\NC1CCNCC1)c1cnc(N)c(-c2nc3cccnc3n2C/C(F)=C/F)c1.CC.CC. The number of rotatable bonds is 9. The smallest absolute Gasteiger partial charge is 0.160 e. The summed E-state index contributed by atoms with van der Waals surface area (Å²) >= 11 is 0. The van der Waals surface area contributed by atoms with E-state index in [0.717, 1.165) is 43.5 Å². The van der Waals surface area contributed by atoms with Crippen molar-refractivity contribution in [3.63, 3.8) is 0 Å². The van der Waals surface area contributed by atoms with E-state index < -0.39 is 5.83 Å². The van der Waals surface area contributed by atoms with Crippen LogP contribution < -0.4 is 16.5 Å². The number of allylic oxidation sites excluding steroid dienone is 4. The van der Waals surface area contributed by atoms with Crippen LogP contribution in [0.1, 0.15) is 72.8 Å². The van der Waals surface area contributed by atoms with E-state index >= 15 is 0 Å². The molecule has 10 heteroatoms. The molecule has 3 aromatic rings. The van der Waals surface area contributed by atoms with E-state index in [1.165, 1.54) is 4.57 Å². The Kier molecular flexibility index (Phi) is 18.0. The number of pyridine rings is 2. The Morgan fingerprint density at radius 1 is 1.24 bits per heavy atom. The van der Waals surface area contributed by atoms with Crippen molar-refractivity contribution in [1.29, 1.82) is 0 Å². The first kappa shape index (κ1) is 36.1. The predicted octanol–water partition coefficient (Wildman–Crippen LogP) is 7.61. The molecule has 0 spiro atoms. The molecule has 4 N–H and O–H groups in total. The Hall–Kier alpha value is -3.92. The van der Waals surface area contributed by atoms with Crippen LogP contribution in [0.3, 0.4) is 0 Å². The molecule has 0 aromatic carbocycles. The minimum Gasteiger partial charge on any atom is -0.383 e. The van der Waals surface area contributed by atoms with Crippen molar-refractivity contribution in [3.8, 4) is 11.4 Å². The van der Waals surface area contributed by atoms with E-state index in [4.69, 9.17) is 5.73 Å². The van der Waals surface area contributed by atoms with Gasteiger partial charge in [-0.1, -0.05) is 53.3 Å². The molecule has 230 valence electrons. The minimum atomic E-state index is -0.953. The third-order valence-electron chi connectivity index (χ3n) is 6.00. The van der Waals surface area contributed by atoms with Crippen molar-refractivity contribution in [1.82, 2.24) is 30.3 Å². The quantitative estimate of drug-likeness (QED) is 0.136. The number of imidazole rings is 1. The first-order chi connectivity index (χ1) is 20.5. The highest BCUT2D eigenvalue weighted by Crippen LogP contribution is 2.30. The van der Waals surface area contributed by atoms with Gasteiger partial charge in [0, 0.05) is 31.1 Å². The lowest BCUT2D eigenvalue weighted by atomic mass is 10.0. The third-order valence-corrected chi connectivity index (χ3v) is 6.00. The summed E-state index contributed by atoms with van der Waals surface area (Å²) in [5.41, 5.74) is 12.3. The number of piperidine rings is 1. The van der Waals surface area contributed by atoms with Crippen LogP contribution in [0.4, 0.5) is 14.6 Å². The fourth-order valence-electron chi connectivity index (χ4n) is 3.97. The van der Waals surface area contributed by atoms with Crippen molar-refractivity contribution >= 4 is 28.8 Å². The summed E-state index contributed by atoms with van der Waals surface area (Å²) in [5.74, 6) is -0.388. The highest BCUT2D eigenvalue weighted by molar-refractivity contribution is 5.84. The molecular formula is C32H48F2N8. The van der Waals surface area contributed by atoms with E-state index in [-0.39, 0.29) is 18.7 Å². The average Bonchev–Trinajstić information content (AvgIpc) is 3.40. The van der Waals surface area contributed by atoms with Gasteiger partial charge in [0.25, 0.3) is 0 Å². The molecule has 0 radical (unpaired) electrons. The number of halogens is 2. The molecule has 0 bridgehead atoms. The lowest BCUT2D eigenvalue weighted by Crippen LogP contribution is -2.37. The summed E-state index contributed by atoms with van der Waals surface area (Å²) in [5, 5.41) is 7.64. The zero-order chi connectivity index (χ0) is 31.3. The normalized spacial score (nSPS) is 13.6. The van der Waals surface area contributed by atoms with Gasteiger partial charge in [0.05, 0.1) is 12.1 Å². The maximum Gasteiger partial charge on any atom is 0.160 e. The zero-order valence-electron chi connectivity index (χ0n) is 26.0. The van der Waals surface area contributed by atoms with Crippen molar-refractivity contribution in [3.05, 3.63) is 67.0 Å². The molecule has 4 rings (SSSR count). The molecule has 0 atom stereocenters. The summed E-state index contributed by atoms with van der Waals surface area (Å²) in [6.45, 7) is 17.9. The van der Waals surface area contributed by atoms with Gasteiger partial charge in [-0.25, -0.2) is 23.7 Å². The zero-order valence-corrected chi connectivity index (χ0v) is 26.0. The number of hydrogen-bond acceptors (Lipinski definition) is 7. The Labute approximate surface area is 249 Å². The summed E-state index contributed by atoms with van der Waals surface area (Å²) < 4.78 is 28.1. The van der Waals surface area contributed by atoms with Crippen LogP contribution in [0.15, 0.2) is 66.6 Å². The van der Waals surface area contributed by atoms with Gasteiger partial charge >= 0.3 is 0 Å². The molecule has 0 amide bonds. The first-order valence-electron chi connectivity index (χ1n) is 14.8. The Morgan fingerprint density at radius 3 is 2.57 bits per heavy atom. The number of nitrogens with two attached hydrogens (primary N) is 1. The predicted molar refractivity (Wildman–Crippen MR) is 174 cm³/mol. The summed E-state index contributed by atoms with van der Waals surface area (Å²) in [7, 11) is 0. The number of hydrazone groups is 1. The van der Waals surface area contributed by atoms with Gasteiger partial charge < -0.3 is 21.0 Å². The van der Waals surface area contributed by atoms with Crippen molar-refractivity contribution in [2.24, 2.45) is 5.10 Å². The molecule has 8 nitrogen and oxygen atoms in total. The third kappa shape index (κ3) is 11.2. The van der Waals surface area contributed by atoms with Crippen LogP contribution in [0, 0.1) is 0 Å². The van der Waals surface area contributed by atoms with Gasteiger partial charge in [-0.3, -0.25) is 0 Å². The van der Waals surface area contributed by atoms with Gasteiger partial charge in [0.2, 0.25) is 0 Å². The molecule has 4 heterocycles. The first-order valence-corrected chi connectivity index (χ1v) is 14.8. The van der Waals surface area contributed by atoms with E-state index in [0.29, 0.717) is 35.0 Å². The largest absolute Gasteiger partial charge is 0.383 e. The Bertz CT molecular complexity index is 1290. The van der Waals surface area contributed by atoms with Crippen LogP contribution in [0.25, 0.3) is 28.1 Å². The molecule has 1 aliphatic rings. The second-order valence-electron chi connectivity index (χ2n) is 8.83. The van der Waals surface area contributed by atoms with Crippen LogP contribution in [0.2, 0.25) is 0 Å². The Morgan fingerprint density at radius 2 is 1.95 bits per heavy atom. The number of fused-ring (bicyclic) bond motifs is 1. The van der Waals surface area contributed by atoms with E-state index in [1.54, 1.807) is 36.8 Å². The highest BCUT2D eigenvalue weighted by Gasteiger charge is 2.18. The number of nitrogens with one attached hydrogen (secondary N) is 2. The average molecular weight is 583 g/mol. The standard InChI is InChI=1S/C23H26F2N8.C5H10.2C2H6/c1-15(4-10-30-32-18-5-8-27-9-6-18)16-11-19(21(26)29-13-16)22-31-20-3-2-7-28-23(20)33(22)14-17(25)12-24;1-3-5-4-2;2*1-2/h2-3,7,10-13,18,27,32H,1,4-6,8-9,14H2,(H2,26,29);3,5H,4H2,1-2H3;2*1-2H3/b17-12-,30-10-;5-3-;;. The minimum absolute atomic E-state index is 0.0738. The van der Waals surface area contributed by atoms with E-state index in [9.17, 15) is 8.78 Å². The lowest BCUT2D eigenvalue weighted by molar-refractivity contribution is 0.395. The molecule has 3 aromatic heterocycles. The summed E-state index contributed by atoms with van der Waals surface area (Å²) in [6.07, 6.45) is 12.8. The van der Waals surface area contributed by atoms with E-state index in [1.807, 2.05) is 34.6 Å². The molecule has 0 saturated carbocycles. The van der Waals surface area contributed by atoms with Gasteiger partial charge in [0.15, 0.2) is 5.65 Å². The summed E-state index contributed by atoms with van der Waals surface area (Å²) in [6, 6.07) is 5.65. The monoisotopic (exact) mass is 582 g/mol. The number of anilines is 1. The van der Waals surface area contributed by atoms with Crippen LogP contribution in [-0.4, -0.2) is 44.9 Å². The maximum absolute atomic E-state index is 13.9. The number of nitrogens with zero attached hydrogens (tertiary/aromatic N) is 5. The highest BCUT2D eigenvalue weighted by atomic mass is 19.2. The molecule has 42 heavy (non-hydrogen) atoms. The molecule has 1 fully saturated rings. The second kappa shape index (κ2) is 20.9. The lowest BCUT2D eigenvalue weighted by Gasteiger charge is -2.21. The van der Waals surface area contributed by atoms with E-state index in [2.05, 4.69) is 56.5 Å². The van der Waals surface area contributed by atoms with Gasteiger partial charge in [-0.2, -0.15) is 5.10 Å². The molecule has 0 aliphatic carbocycles. The fraction of sp³-hybridized carbons (Fsp3) is 0.438. The van der Waals surface area contributed by atoms with Gasteiger partial charge in [-0.15, -0.1) is 0 Å². The fourth-order valence-corrected chi connectivity index (χ4v) is 3.97. The van der Waals surface area contributed by atoms with Crippen LogP contribution >= 0.6 is 0 Å². The number of aromatic nitrogens is 4. The molecular weight excluding hydrogens is 534 g/mol. The topological polar surface area (TPSA) is 106 Å². The number of hydrogen-bond donors (Lipinski definition) is 3. The maximum atomic E-state index is 13.9. The van der Waals surface area contributed by atoms with Crippen LogP contribution in [-0.2, 0) is 6.54 Å². The van der Waals surface area contributed by atoms with Crippen LogP contribution in [0.5, 0.6) is 0 Å². The van der Waals surface area contributed by atoms with Crippen molar-refractivity contribution in [2.45, 2.75) is 79.8 Å². The van der Waals surface area contributed by atoms with Crippen molar-refractivity contribution < 1.29 is 8.78 Å². The second-order valence-corrected chi connectivity index (χ2v) is 8.83. The summed E-state index contributed by atoms with van der Waals surface area (Å²) in [4.78, 5) is 13.1. The molecule has 0 unspecified atom stereocenters.